The first kappa shape index (κ1) is 11.2. The van der Waals surface area contributed by atoms with Crippen LogP contribution in [-0.4, -0.2) is 15.0 Å². The summed E-state index contributed by atoms with van der Waals surface area (Å²) in [6, 6.07) is 3.36. The van der Waals surface area contributed by atoms with Gasteiger partial charge in [-0.1, -0.05) is 13.8 Å². The van der Waals surface area contributed by atoms with Gasteiger partial charge >= 0.3 is 0 Å². The van der Waals surface area contributed by atoms with E-state index < -0.39 is 0 Å². The number of rotatable bonds is 1. The van der Waals surface area contributed by atoms with Crippen LogP contribution in [0.5, 0.6) is 0 Å². The Bertz CT molecular complexity index is 470. The number of nitrogens with one attached hydrogen (secondary N) is 2. The molecular formula is C11H15N3O. The molecule has 0 fully saturated rings. The fourth-order valence-corrected chi connectivity index (χ4v) is 1.18. The topological polar surface area (TPSA) is 61.5 Å². The minimum Gasteiger partial charge on any atom is -0.342 e. The van der Waals surface area contributed by atoms with Crippen molar-refractivity contribution in [1.29, 1.82) is 0 Å². The molecule has 0 unspecified atom stereocenters. The summed E-state index contributed by atoms with van der Waals surface area (Å²) >= 11 is 0. The van der Waals surface area contributed by atoms with Gasteiger partial charge in [-0.3, -0.25) is 4.79 Å². The second-order valence-electron chi connectivity index (χ2n) is 2.82. The molecule has 2 N–H and O–H groups in total. The Hall–Kier alpha value is -1.84. The predicted molar refractivity (Wildman–Crippen MR) is 60.7 cm³/mol. The summed E-state index contributed by atoms with van der Waals surface area (Å²) in [5.74, 6) is 0.843. The Kier molecular flexibility index (Phi) is 3.85. The monoisotopic (exact) mass is 205 g/mol. The summed E-state index contributed by atoms with van der Waals surface area (Å²) in [7, 11) is 0. The fourth-order valence-electron chi connectivity index (χ4n) is 1.18. The largest absolute Gasteiger partial charge is 0.342 e. The summed E-state index contributed by atoms with van der Waals surface area (Å²) in [4.78, 5) is 20.6. The average molecular weight is 205 g/mol. The van der Waals surface area contributed by atoms with Gasteiger partial charge in [0.1, 0.15) is 5.82 Å². The number of aryl methyl sites for hydroxylation is 1. The van der Waals surface area contributed by atoms with Gasteiger partial charge in [-0.05, 0) is 13.0 Å². The molecule has 0 aromatic carbocycles. The van der Waals surface area contributed by atoms with E-state index in [0.29, 0.717) is 0 Å². The number of nitrogens with zero attached hydrogens (tertiary/aromatic N) is 1. The van der Waals surface area contributed by atoms with Crippen molar-refractivity contribution >= 4 is 0 Å². The van der Waals surface area contributed by atoms with E-state index in [0.717, 1.165) is 17.1 Å². The number of imidazole rings is 1. The van der Waals surface area contributed by atoms with Crippen molar-refractivity contribution in [2.45, 2.75) is 20.8 Å². The summed E-state index contributed by atoms with van der Waals surface area (Å²) in [6.07, 6.45) is 3.33. The van der Waals surface area contributed by atoms with Gasteiger partial charge in [-0.2, -0.15) is 0 Å². The molecule has 0 aliphatic carbocycles. The molecule has 0 amide bonds. The third-order valence-corrected chi connectivity index (χ3v) is 1.79. The Morgan fingerprint density at radius 1 is 1.33 bits per heavy atom. The highest BCUT2D eigenvalue weighted by molar-refractivity contribution is 5.57. The van der Waals surface area contributed by atoms with Gasteiger partial charge < -0.3 is 9.97 Å². The first-order chi connectivity index (χ1) is 7.25. The zero-order valence-electron chi connectivity index (χ0n) is 9.16. The summed E-state index contributed by atoms with van der Waals surface area (Å²) < 4.78 is 0. The van der Waals surface area contributed by atoms with Crippen LogP contribution >= 0.6 is 0 Å². The predicted octanol–water partition coefficient (Wildman–Crippen LogP) is 2.10. The zero-order chi connectivity index (χ0) is 11.3. The van der Waals surface area contributed by atoms with Crippen LogP contribution < -0.4 is 5.56 Å². The summed E-state index contributed by atoms with van der Waals surface area (Å²) in [5.41, 5.74) is 1.61. The highest BCUT2D eigenvalue weighted by atomic mass is 16.1. The SMILES string of the molecule is CC.Cc1ncc(-c2cc[nH]c(=O)c2)[nH]1. The molecule has 2 aromatic heterocycles. The minimum absolute atomic E-state index is 0.107. The van der Waals surface area contributed by atoms with Crippen molar-refractivity contribution in [3.8, 4) is 11.3 Å². The standard InChI is InChI=1S/C9H9N3O.C2H6/c1-6-11-5-8(12-6)7-2-3-10-9(13)4-7;1-2/h2-5H,1H3,(H,10,13)(H,11,12);1-2H3. The van der Waals surface area contributed by atoms with Crippen LogP contribution in [0, 0.1) is 6.92 Å². The third-order valence-electron chi connectivity index (χ3n) is 1.79. The lowest BCUT2D eigenvalue weighted by Crippen LogP contribution is -2.01. The number of pyridine rings is 1. The first-order valence-electron chi connectivity index (χ1n) is 4.96. The number of aromatic nitrogens is 3. The molecule has 80 valence electrons. The van der Waals surface area contributed by atoms with Gasteiger partial charge in [0, 0.05) is 17.8 Å². The quantitative estimate of drug-likeness (QED) is 0.748. The van der Waals surface area contributed by atoms with Crippen LogP contribution in [-0.2, 0) is 0 Å². The number of aromatic amines is 2. The Morgan fingerprint density at radius 3 is 2.60 bits per heavy atom. The molecular weight excluding hydrogens is 190 g/mol. The molecule has 4 heteroatoms. The van der Waals surface area contributed by atoms with Gasteiger partial charge in [-0.15, -0.1) is 0 Å². The number of hydrogen-bond donors (Lipinski definition) is 2. The second-order valence-corrected chi connectivity index (χ2v) is 2.82. The van der Waals surface area contributed by atoms with Crippen LogP contribution in [0.25, 0.3) is 11.3 Å². The zero-order valence-corrected chi connectivity index (χ0v) is 9.16. The molecule has 0 saturated carbocycles. The molecule has 4 nitrogen and oxygen atoms in total. The van der Waals surface area contributed by atoms with Crippen LogP contribution in [0.15, 0.2) is 29.3 Å². The molecule has 0 saturated heterocycles. The van der Waals surface area contributed by atoms with E-state index in [9.17, 15) is 4.79 Å². The molecule has 15 heavy (non-hydrogen) atoms. The molecule has 0 aliphatic rings. The van der Waals surface area contributed by atoms with E-state index in [1.165, 1.54) is 6.07 Å². The molecule has 0 spiro atoms. The first-order valence-corrected chi connectivity index (χ1v) is 4.96. The third kappa shape index (κ3) is 2.80. The molecule has 2 heterocycles. The van der Waals surface area contributed by atoms with Crippen LogP contribution in [0.4, 0.5) is 0 Å². The maximum absolute atomic E-state index is 11.0. The minimum atomic E-state index is -0.107. The van der Waals surface area contributed by atoms with Crippen molar-refractivity contribution in [1.82, 2.24) is 15.0 Å². The van der Waals surface area contributed by atoms with E-state index in [-0.39, 0.29) is 5.56 Å². The van der Waals surface area contributed by atoms with E-state index in [2.05, 4.69) is 15.0 Å². The highest BCUT2D eigenvalue weighted by Crippen LogP contribution is 2.13. The lowest BCUT2D eigenvalue weighted by Gasteiger charge is -1.93. The second kappa shape index (κ2) is 5.14. The summed E-state index contributed by atoms with van der Waals surface area (Å²) in [6.45, 7) is 5.87. The van der Waals surface area contributed by atoms with E-state index >= 15 is 0 Å². The van der Waals surface area contributed by atoms with Crippen molar-refractivity contribution in [3.05, 3.63) is 40.7 Å². The molecule has 0 atom stereocenters. The van der Waals surface area contributed by atoms with Gasteiger partial charge in [0.15, 0.2) is 0 Å². The van der Waals surface area contributed by atoms with Crippen molar-refractivity contribution in [2.24, 2.45) is 0 Å². The van der Waals surface area contributed by atoms with Gasteiger partial charge in [-0.25, -0.2) is 4.98 Å². The van der Waals surface area contributed by atoms with E-state index in [1.54, 1.807) is 12.4 Å². The maximum atomic E-state index is 11.0. The van der Waals surface area contributed by atoms with Crippen molar-refractivity contribution in [3.63, 3.8) is 0 Å². The van der Waals surface area contributed by atoms with Crippen molar-refractivity contribution < 1.29 is 0 Å². The molecule has 2 rings (SSSR count). The molecule has 0 radical (unpaired) electrons. The molecule has 0 bridgehead atoms. The lowest BCUT2D eigenvalue weighted by atomic mass is 10.2. The lowest BCUT2D eigenvalue weighted by molar-refractivity contribution is 1.15. The number of H-pyrrole nitrogens is 2. The van der Waals surface area contributed by atoms with Gasteiger partial charge in [0.05, 0.1) is 11.9 Å². The van der Waals surface area contributed by atoms with Crippen LogP contribution in [0.1, 0.15) is 19.7 Å². The van der Waals surface area contributed by atoms with Gasteiger partial charge in [0.25, 0.3) is 0 Å². The van der Waals surface area contributed by atoms with Crippen LogP contribution in [0.2, 0.25) is 0 Å². The molecule has 2 aromatic rings. The van der Waals surface area contributed by atoms with Crippen molar-refractivity contribution in [2.75, 3.05) is 0 Å². The Morgan fingerprint density at radius 2 is 2.07 bits per heavy atom. The smallest absolute Gasteiger partial charge is 0.248 e. The van der Waals surface area contributed by atoms with E-state index in [1.807, 2.05) is 26.8 Å². The maximum Gasteiger partial charge on any atom is 0.248 e. The number of hydrogen-bond acceptors (Lipinski definition) is 2. The molecule has 0 aliphatic heterocycles. The van der Waals surface area contributed by atoms with Crippen LogP contribution in [0.3, 0.4) is 0 Å². The fraction of sp³-hybridized carbons (Fsp3) is 0.273. The highest BCUT2D eigenvalue weighted by Gasteiger charge is 1.99. The Labute approximate surface area is 88.4 Å². The normalized spacial score (nSPS) is 9.27. The summed E-state index contributed by atoms with van der Waals surface area (Å²) in [5, 5.41) is 0. The van der Waals surface area contributed by atoms with E-state index in [4.69, 9.17) is 0 Å². The Balaban J connectivity index is 0.000000531. The average Bonchev–Trinajstić information content (AvgIpc) is 2.68. The van der Waals surface area contributed by atoms with Gasteiger partial charge in [0.2, 0.25) is 5.56 Å².